The number of carbonyl (C=O) groups is 1. The van der Waals surface area contributed by atoms with E-state index in [2.05, 4.69) is 22.2 Å². The summed E-state index contributed by atoms with van der Waals surface area (Å²) < 4.78 is 5.13. The molecule has 1 saturated heterocycles. The molecular weight excluding hydrogens is 352 g/mol. The highest BCUT2D eigenvalue weighted by atomic mass is 16.5. The second-order valence-electron chi connectivity index (χ2n) is 7.47. The fourth-order valence-corrected chi connectivity index (χ4v) is 3.80. The molecule has 1 aliphatic heterocycles. The first-order chi connectivity index (χ1) is 13.6. The van der Waals surface area contributed by atoms with Crippen molar-refractivity contribution in [3.8, 4) is 0 Å². The van der Waals surface area contributed by atoms with Crippen molar-refractivity contribution >= 4 is 5.97 Å². The number of ether oxygens (including phenoxy) is 1. The van der Waals surface area contributed by atoms with Crippen molar-refractivity contribution in [3.05, 3.63) is 75.7 Å². The Balaban J connectivity index is 1.59. The van der Waals surface area contributed by atoms with E-state index in [9.17, 15) is 9.70 Å². The quantitative estimate of drug-likeness (QED) is 0.519. The van der Waals surface area contributed by atoms with E-state index in [-0.39, 0.29) is 11.9 Å². The third kappa shape index (κ3) is 5.04. The van der Waals surface area contributed by atoms with Crippen molar-refractivity contribution in [2.45, 2.75) is 39.3 Å². The molecule has 1 unspecified atom stereocenters. The molecule has 1 aliphatic rings. The van der Waals surface area contributed by atoms with Crippen LogP contribution in [0.2, 0.25) is 0 Å². The number of nitroso groups, excluding NO2 is 1. The predicted octanol–water partition coefficient (Wildman–Crippen LogP) is 4.63. The predicted molar refractivity (Wildman–Crippen MR) is 110 cm³/mol. The van der Waals surface area contributed by atoms with Gasteiger partial charge in [0.1, 0.15) is 6.04 Å². The normalized spacial score (nSPS) is 16.5. The molecule has 2 aromatic rings. The molecule has 28 heavy (non-hydrogen) atoms. The Morgan fingerprint density at radius 3 is 2.46 bits per heavy atom. The van der Waals surface area contributed by atoms with Gasteiger partial charge in [0, 0.05) is 6.54 Å². The molecule has 2 aromatic carbocycles. The van der Waals surface area contributed by atoms with Crippen LogP contribution >= 0.6 is 0 Å². The first-order valence-corrected chi connectivity index (χ1v) is 9.97. The molecule has 0 N–H and O–H groups in total. The summed E-state index contributed by atoms with van der Waals surface area (Å²) in [5, 5.41) is 3.35. The molecule has 0 aromatic heterocycles. The number of hydrogen-bond acceptors (Lipinski definition) is 5. The van der Waals surface area contributed by atoms with E-state index in [0.717, 1.165) is 49.2 Å². The SMILES string of the molecule is CCOC(=O)C1CCN(Cc2ccc(C(N=O)c3cccc(C)c3)cc2)CC1. The molecule has 148 valence electrons. The molecule has 1 atom stereocenters. The number of nitrogens with zero attached hydrogens (tertiary/aromatic N) is 2. The molecule has 3 rings (SSSR count). The average Bonchev–Trinajstić information content (AvgIpc) is 2.71. The lowest BCUT2D eigenvalue weighted by Crippen LogP contribution is -2.36. The van der Waals surface area contributed by atoms with E-state index in [0.29, 0.717) is 6.61 Å². The van der Waals surface area contributed by atoms with E-state index < -0.39 is 6.04 Å². The summed E-state index contributed by atoms with van der Waals surface area (Å²) >= 11 is 0. The third-order valence-electron chi connectivity index (χ3n) is 5.37. The summed E-state index contributed by atoms with van der Waals surface area (Å²) in [5.74, 6) is -0.0256. The zero-order valence-corrected chi connectivity index (χ0v) is 16.6. The van der Waals surface area contributed by atoms with Gasteiger partial charge >= 0.3 is 5.97 Å². The van der Waals surface area contributed by atoms with Gasteiger partial charge in [-0.05, 0) is 56.5 Å². The van der Waals surface area contributed by atoms with Crippen LogP contribution < -0.4 is 0 Å². The number of rotatable bonds is 7. The summed E-state index contributed by atoms with van der Waals surface area (Å²) in [7, 11) is 0. The summed E-state index contributed by atoms with van der Waals surface area (Å²) in [6.07, 6.45) is 1.70. The molecule has 0 bridgehead atoms. The van der Waals surface area contributed by atoms with E-state index >= 15 is 0 Å². The highest BCUT2D eigenvalue weighted by Gasteiger charge is 2.26. The third-order valence-corrected chi connectivity index (χ3v) is 5.37. The summed E-state index contributed by atoms with van der Waals surface area (Å²) in [6.45, 7) is 6.95. The number of benzene rings is 2. The molecule has 0 aliphatic carbocycles. The minimum absolute atomic E-state index is 0.0346. The number of piperidine rings is 1. The lowest BCUT2D eigenvalue weighted by atomic mass is 9.95. The summed E-state index contributed by atoms with van der Waals surface area (Å²) in [4.78, 5) is 25.7. The fraction of sp³-hybridized carbons (Fsp3) is 0.435. The van der Waals surface area contributed by atoms with Crippen LogP contribution in [0.5, 0.6) is 0 Å². The Kier molecular flexibility index (Phi) is 6.93. The van der Waals surface area contributed by atoms with Crippen LogP contribution in [0.3, 0.4) is 0 Å². The van der Waals surface area contributed by atoms with Crippen LogP contribution in [-0.4, -0.2) is 30.6 Å². The van der Waals surface area contributed by atoms with Crippen LogP contribution in [-0.2, 0) is 16.1 Å². The lowest BCUT2D eigenvalue weighted by Gasteiger charge is -2.30. The van der Waals surface area contributed by atoms with Gasteiger partial charge < -0.3 is 4.74 Å². The maximum Gasteiger partial charge on any atom is 0.309 e. The van der Waals surface area contributed by atoms with Gasteiger partial charge in [0.05, 0.1) is 12.5 Å². The van der Waals surface area contributed by atoms with E-state index in [1.54, 1.807) is 0 Å². The number of esters is 1. The minimum atomic E-state index is -0.478. The Morgan fingerprint density at radius 2 is 1.86 bits per heavy atom. The molecule has 1 fully saturated rings. The van der Waals surface area contributed by atoms with E-state index in [4.69, 9.17) is 4.74 Å². The number of likely N-dealkylation sites (tertiary alicyclic amines) is 1. The largest absolute Gasteiger partial charge is 0.466 e. The van der Waals surface area contributed by atoms with Crippen LogP contribution in [0.15, 0.2) is 53.7 Å². The van der Waals surface area contributed by atoms with E-state index in [1.807, 2.05) is 50.2 Å². The number of aryl methyl sites for hydroxylation is 1. The first kappa shape index (κ1) is 20.2. The van der Waals surface area contributed by atoms with Gasteiger partial charge in [0.15, 0.2) is 0 Å². The van der Waals surface area contributed by atoms with Gasteiger partial charge in [-0.3, -0.25) is 9.69 Å². The molecule has 1 heterocycles. The topological polar surface area (TPSA) is 59.0 Å². The molecular formula is C23H28N2O3. The van der Waals surface area contributed by atoms with Crippen molar-refractivity contribution in [3.63, 3.8) is 0 Å². The van der Waals surface area contributed by atoms with Gasteiger partial charge in [0.2, 0.25) is 0 Å². The van der Waals surface area contributed by atoms with Crippen molar-refractivity contribution in [2.75, 3.05) is 19.7 Å². The van der Waals surface area contributed by atoms with Gasteiger partial charge in [-0.15, -0.1) is 4.91 Å². The second-order valence-corrected chi connectivity index (χ2v) is 7.47. The first-order valence-electron chi connectivity index (χ1n) is 9.97. The Bertz CT molecular complexity index is 796. The maximum atomic E-state index is 11.9. The van der Waals surface area contributed by atoms with Crippen molar-refractivity contribution in [1.82, 2.24) is 4.90 Å². The van der Waals surface area contributed by atoms with Crippen LogP contribution in [0.4, 0.5) is 0 Å². The number of carbonyl (C=O) groups excluding carboxylic acids is 1. The molecule has 0 radical (unpaired) electrons. The monoisotopic (exact) mass is 380 g/mol. The van der Waals surface area contributed by atoms with Gasteiger partial charge in [0.25, 0.3) is 0 Å². The standard InChI is InChI=1S/C23H28N2O3/c1-3-28-23(26)20-11-13-25(14-12-20)16-18-7-9-19(10-8-18)22(24-27)21-6-4-5-17(2)15-21/h4-10,15,20,22H,3,11-14,16H2,1-2H3. The maximum absolute atomic E-state index is 11.9. The molecule has 0 spiro atoms. The smallest absolute Gasteiger partial charge is 0.309 e. The highest BCUT2D eigenvalue weighted by Crippen LogP contribution is 2.27. The summed E-state index contributed by atoms with van der Waals surface area (Å²) in [6, 6.07) is 15.6. The second kappa shape index (κ2) is 9.60. The lowest BCUT2D eigenvalue weighted by molar-refractivity contribution is -0.149. The van der Waals surface area contributed by atoms with Gasteiger partial charge in [-0.25, -0.2) is 0 Å². The fourth-order valence-electron chi connectivity index (χ4n) is 3.80. The molecule has 0 saturated carbocycles. The Morgan fingerprint density at radius 1 is 1.14 bits per heavy atom. The van der Waals surface area contributed by atoms with Gasteiger partial charge in [-0.2, -0.15) is 0 Å². The van der Waals surface area contributed by atoms with Gasteiger partial charge in [-0.1, -0.05) is 59.3 Å². The van der Waals surface area contributed by atoms with Crippen molar-refractivity contribution in [2.24, 2.45) is 11.1 Å². The number of hydrogen-bond donors (Lipinski definition) is 0. The van der Waals surface area contributed by atoms with Crippen LogP contribution in [0, 0.1) is 17.7 Å². The zero-order chi connectivity index (χ0) is 19.9. The Hall–Kier alpha value is -2.53. The van der Waals surface area contributed by atoms with Crippen molar-refractivity contribution in [1.29, 1.82) is 0 Å². The highest BCUT2D eigenvalue weighted by molar-refractivity contribution is 5.72. The minimum Gasteiger partial charge on any atom is -0.466 e. The zero-order valence-electron chi connectivity index (χ0n) is 16.6. The Labute approximate surface area is 166 Å². The van der Waals surface area contributed by atoms with Crippen molar-refractivity contribution < 1.29 is 9.53 Å². The average molecular weight is 380 g/mol. The molecule has 5 nitrogen and oxygen atoms in total. The molecule has 5 heteroatoms. The van der Waals surface area contributed by atoms with Crippen LogP contribution in [0.25, 0.3) is 0 Å². The van der Waals surface area contributed by atoms with E-state index in [1.165, 1.54) is 5.56 Å². The molecule has 0 amide bonds. The summed E-state index contributed by atoms with van der Waals surface area (Å²) in [5.41, 5.74) is 4.15. The van der Waals surface area contributed by atoms with Crippen LogP contribution in [0.1, 0.15) is 48.1 Å².